The van der Waals surface area contributed by atoms with Crippen molar-refractivity contribution in [2.45, 2.75) is 26.8 Å². The Hall–Kier alpha value is -2.48. The van der Waals surface area contributed by atoms with E-state index >= 15 is 0 Å². The number of nitriles is 1. The average molecular weight is 284 g/mol. The van der Waals surface area contributed by atoms with Crippen molar-refractivity contribution in [3.63, 3.8) is 0 Å². The second-order valence-corrected chi connectivity index (χ2v) is 5.21. The quantitative estimate of drug-likeness (QED) is 0.917. The van der Waals surface area contributed by atoms with Crippen LogP contribution in [-0.2, 0) is 7.05 Å². The van der Waals surface area contributed by atoms with Crippen molar-refractivity contribution in [3.05, 3.63) is 41.1 Å². The number of nitrogens with zero attached hydrogens (tertiary/aromatic N) is 3. The first-order chi connectivity index (χ1) is 10.0. The molecule has 21 heavy (non-hydrogen) atoms. The van der Waals surface area contributed by atoms with Crippen LogP contribution in [0.3, 0.4) is 0 Å². The molecule has 5 heteroatoms. The molecular formula is C16H20N4O. The maximum absolute atomic E-state index is 9.18. The van der Waals surface area contributed by atoms with Crippen molar-refractivity contribution >= 4 is 5.82 Å². The summed E-state index contributed by atoms with van der Waals surface area (Å²) >= 11 is 0. The minimum absolute atomic E-state index is 0.0632. The molecule has 0 saturated carbocycles. The van der Waals surface area contributed by atoms with E-state index in [0.717, 1.165) is 17.3 Å². The van der Waals surface area contributed by atoms with Crippen molar-refractivity contribution in [1.82, 2.24) is 9.78 Å². The molecule has 0 spiro atoms. The van der Waals surface area contributed by atoms with Gasteiger partial charge in [-0.1, -0.05) is 17.7 Å². The number of hydrogen-bond donors (Lipinski definition) is 1. The predicted octanol–water partition coefficient (Wildman–Crippen LogP) is 2.79. The van der Waals surface area contributed by atoms with Crippen LogP contribution in [0.15, 0.2) is 24.3 Å². The van der Waals surface area contributed by atoms with Gasteiger partial charge in [-0.3, -0.25) is 4.68 Å². The molecule has 0 radical (unpaired) electrons. The van der Waals surface area contributed by atoms with E-state index in [1.165, 1.54) is 5.56 Å². The molecule has 110 valence electrons. The van der Waals surface area contributed by atoms with Crippen molar-refractivity contribution < 1.29 is 4.74 Å². The summed E-state index contributed by atoms with van der Waals surface area (Å²) in [6.45, 7) is 6.40. The first-order valence-electron chi connectivity index (χ1n) is 6.91. The summed E-state index contributed by atoms with van der Waals surface area (Å²) in [5, 5.41) is 16.7. The number of rotatable bonds is 5. The fraction of sp³-hybridized carbons (Fsp3) is 0.375. The summed E-state index contributed by atoms with van der Waals surface area (Å²) in [5.74, 6) is 1.57. The highest BCUT2D eigenvalue weighted by molar-refractivity contribution is 5.55. The number of ether oxygens (including phenoxy) is 1. The van der Waals surface area contributed by atoms with Crippen LogP contribution in [0, 0.1) is 25.2 Å². The fourth-order valence-corrected chi connectivity index (χ4v) is 2.09. The Balaban J connectivity index is 1.98. The van der Waals surface area contributed by atoms with Crippen molar-refractivity contribution in [3.8, 4) is 11.8 Å². The van der Waals surface area contributed by atoms with Crippen LogP contribution < -0.4 is 10.1 Å². The summed E-state index contributed by atoms with van der Waals surface area (Å²) < 4.78 is 7.43. The van der Waals surface area contributed by atoms with E-state index in [4.69, 9.17) is 4.74 Å². The summed E-state index contributed by atoms with van der Waals surface area (Å²) in [4.78, 5) is 0. The number of aromatic nitrogens is 2. The number of hydrogen-bond acceptors (Lipinski definition) is 4. The van der Waals surface area contributed by atoms with Crippen LogP contribution >= 0.6 is 0 Å². The lowest BCUT2D eigenvalue weighted by Crippen LogP contribution is -2.25. The predicted molar refractivity (Wildman–Crippen MR) is 82.4 cm³/mol. The van der Waals surface area contributed by atoms with Crippen LogP contribution in [0.2, 0.25) is 0 Å². The smallest absolute Gasteiger partial charge is 0.142 e. The Morgan fingerprint density at radius 3 is 2.62 bits per heavy atom. The lowest BCUT2D eigenvalue weighted by Gasteiger charge is -2.16. The van der Waals surface area contributed by atoms with E-state index in [1.807, 2.05) is 52.1 Å². The number of nitrogens with one attached hydrogen (secondary N) is 1. The Morgan fingerprint density at radius 2 is 2.00 bits per heavy atom. The van der Waals surface area contributed by atoms with E-state index in [0.29, 0.717) is 12.2 Å². The van der Waals surface area contributed by atoms with Gasteiger partial charge in [0.05, 0.1) is 11.7 Å². The zero-order valence-electron chi connectivity index (χ0n) is 12.8. The molecule has 1 heterocycles. The number of benzene rings is 1. The monoisotopic (exact) mass is 284 g/mol. The van der Waals surface area contributed by atoms with Crippen molar-refractivity contribution in [2.24, 2.45) is 7.05 Å². The first-order valence-corrected chi connectivity index (χ1v) is 6.91. The van der Waals surface area contributed by atoms with Gasteiger partial charge in [0.1, 0.15) is 29.8 Å². The van der Waals surface area contributed by atoms with E-state index in [-0.39, 0.29) is 6.04 Å². The highest BCUT2D eigenvalue weighted by Gasteiger charge is 2.15. The lowest BCUT2D eigenvalue weighted by molar-refractivity contribution is 0.303. The van der Waals surface area contributed by atoms with Gasteiger partial charge in [-0.15, -0.1) is 0 Å². The topological polar surface area (TPSA) is 62.9 Å². The Kier molecular flexibility index (Phi) is 4.49. The molecule has 0 aliphatic heterocycles. The third kappa shape index (κ3) is 3.54. The van der Waals surface area contributed by atoms with Gasteiger partial charge in [0.25, 0.3) is 0 Å². The van der Waals surface area contributed by atoms with E-state index in [2.05, 4.69) is 16.5 Å². The summed E-state index contributed by atoms with van der Waals surface area (Å²) in [7, 11) is 1.82. The summed E-state index contributed by atoms with van der Waals surface area (Å²) in [6, 6.07) is 10.2. The number of aryl methyl sites for hydroxylation is 3. The molecule has 5 nitrogen and oxygen atoms in total. The first kappa shape index (κ1) is 14.9. The molecule has 1 atom stereocenters. The Labute approximate surface area is 125 Å². The summed E-state index contributed by atoms with van der Waals surface area (Å²) in [5.41, 5.74) is 2.52. The zero-order chi connectivity index (χ0) is 15.4. The van der Waals surface area contributed by atoms with Gasteiger partial charge in [-0.05, 0) is 32.9 Å². The Morgan fingerprint density at radius 1 is 1.33 bits per heavy atom. The van der Waals surface area contributed by atoms with Gasteiger partial charge < -0.3 is 10.1 Å². The maximum Gasteiger partial charge on any atom is 0.142 e. The van der Waals surface area contributed by atoms with E-state index < -0.39 is 0 Å². The normalized spacial score (nSPS) is 11.8. The molecule has 0 aliphatic rings. The van der Waals surface area contributed by atoms with Crippen LogP contribution in [0.25, 0.3) is 0 Å². The van der Waals surface area contributed by atoms with E-state index in [1.54, 1.807) is 4.68 Å². The molecule has 2 aromatic rings. The second-order valence-electron chi connectivity index (χ2n) is 5.21. The van der Waals surface area contributed by atoms with Crippen LogP contribution in [0.1, 0.15) is 23.7 Å². The maximum atomic E-state index is 9.18. The summed E-state index contributed by atoms with van der Waals surface area (Å²) in [6.07, 6.45) is 0. The molecule has 2 rings (SSSR count). The highest BCUT2D eigenvalue weighted by Crippen LogP contribution is 2.18. The molecule has 1 aromatic carbocycles. The largest absolute Gasteiger partial charge is 0.491 e. The van der Waals surface area contributed by atoms with E-state index in [9.17, 15) is 5.26 Å². The minimum atomic E-state index is 0.0632. The van der Waals surface area contributed by atoms with Crippen LogP contribution in [0.4, 0.5) is 5.82 Å². The molecule has 0 saturated heterocycles. The fourth-order valence-electron chi connectivity index (χ4n) is 2.09. The van der Waals surface area contributed by atoms with Gasteiger partial charge in [0, 0.05) is 7.05 Å². The average Bonchev–Trinajstić information content (AvgIpc) is 2.72. The second kappa shape index (κ2) is 6.31. The van der Waals surface area contributed by atoms with Gasteiger partial charge >= 0.3 is 0 Å². The molecule has 1 N–H and O–H groups in total. The Bertz CT molecular complexity index is 652. The SMILES string of the molecule is Cc1ccc(OCC(C)Nc2c(C#N)c(C)nn2C)cc1. The number of anilines is 1. The van der Waals surface area contributed by atoms with Crippen molar-refractivity contribution in [2.75, 3.05) is 11.9 Å². The third-order valence-electron chi connectivity index (χ3n) is 3.24. The molecule has 0 amide bonds. The van der Waals surface area contributed by atoms with Crippen LogP contribution in [-0.4, -0.2) is 22.4 Å². The standard InChI is InChI=1S/C16H20N4O/c1-11-5-7-14(8-6-11)21-10-12(2)18-16-15(9-17)13(3)19-20(16)4/h5-8,12,18H,10H2,1-4H3. The van der Waals surface area contributed by atoms with Gasteiger partial charge in [-0.25, -0.2) is 0 Å². The molecule has 0 fully saturated rings. The molecule has 0 aliphatic carbocycles. The lowest BCUT2D eigenvalue weighted by atomic mass is 10.2. The van der Waals surface area contributed by atoms with Crippen LogP contribution in [0.5, 0.6) is 5.75 Å². The van der Waals surface area contributed by atoms with Gasteiger partial charge in [0.2, 0.25) is 0 Å². The molecule has 0 bridgehead atoms. The molecule has 1 unspecified atom stereocenters. The van der Waals surface area contributed by atoms with Gasteiger partial charge in [0.15, 0.2) is 0 Å². The highest BCUT2D eigenvalue weighted by atomic mass is 16.5. The third-order valence-corrected chi connectivity index (χ3v) is 3.24. The molecule has 1 aromatic heterocycles. The van der Waals surface area contributed by atoms with Crippen molar-refractivity contribution in [1.29, 1.82) is 5.26 Å². The zero-order valence-corrected chi connectivity index (χ0v) is 12.8. The van der Waals surface area contributed by atoms with Gasteiger partial charge in [-0.2, -0.15) is 10.4 Å². The molecular weight excluding hydrogens is 264 g/mol. The minimum Gasteiger partial charge on any atom is -0.491 e.